The molecular formula is C12H20N2OS. The second-order valence-corrected chi connectivity index (χ2v) is 4.58. The number of methoxy groups -OCH3 is 1. The van der Waals surface area contributed by atoms with Gasteiger partial charge in [-0.3, -0.25) is 0 Å². The van der Waals surface area contributed by atoms with Crippen LogP contribution in [0.15, 0.2) is 24.3 Å². The van der Waals surface area contributed by atoms with Gasteiger partial charge < -0.3 is 15.8 Å². The smallest absolute Gasteiger partial charge is 0.120 e. The second-order valence-electron chi connectivity index (χ2n) is 3.59. The zero-order valence-electron chi connectivity index (χ0n) is 9.90. The minimum Gasteiger partial charge on any atom is -0.497 e. The average molecular weight is 240 g/mol. The van der Waals surface area contributed by atoms with E-state index in [9.17, 15) is 0 Å². The number of ether oxygens (including phenoxy) is 1. The van der Waals surface area contributed by atoms with Crippen LogP contribution in [0.5, 0.6) is 5.75 Å². The van der Waals surface area contributed by atoms with Crippen molar-refractivity contribution in [3.8, 4) is 5.75 Å². The zero-order chi connectivity index (χ0) is 11.8. The fourth-order valence-corrected chi connectivity index (χ4v) is 1.98. The number of thioether (sulfide) groups is 1. The molecule has 0 amide bonds. The fraction of sp³-hybridized carbons (Fsp3) is 0.500. The summed E-state index contributed by atoms with van der Waals surface area (Å²) in [4.78, 5) is 0. The van der Waals surface area contributed by atoms with Gasteiger partial charge in [-0.1, -0.05) is 6.07 Å². The first kappa shape index (κ1) is 13.2. The largest absolute Gasteiger partial charge is 0.497 e. The van der Waals surface area contributed by atoms with Gasteiger partial charge in [-0.15, -0.1) is 0 Å². The Labute approximate surface area is 102 Å². The van der Waals surface area contributed by atoms with Crippen molar-refractivity contribution in [2.45, 2.75) is 12.5 Å². The lowest BCUT2D eigenvalue weighted by atomic mass is 10.2. The predicted molar refractivity (Wildman–Crippen MR) is 72.5 cm³/mol. The van der Waals surface area contributed by atoms with Crippen molar-refractivity contribution in [1.29, 1.82) is 0 Å². The Kier molecular flexibility index (Phi) is 6.11. The quantitative estimate of drug-likeness (QED) is 0.767. The summed E-state index contributed by atoms with van der Waals surface area (Å²) >= 11 is 1.84. The first-order valence-corrected chi connectivity index (χ1v) is 6.79. The molecule has 0 radical (unpaired) electrons. The van der Waals surface area contributed by atoms with E-state index in [1.807, 2.05) is 36.0 Å². The number of rotatable bonds is 7. The Bertz CT molecular complexity index is 307. The number of anilines is 1. The van der Waals surface area contributed by atoms with Crippen molar-refractivity contribution in [1.82, 2.24) is 0 Å². The van der Waals surface area contributed by atoms with Crippen LogP contribution in [0.1, 0.15) is 6.42 Å². The Morgan fingerprint density at radius 3 is 2.94 bits per heavy atom. The molecular weight excluding hydrogens is 220 g/mol. The average Bonchev–Trinajstić information content (AvgIpc) is 2.34. The third kappa shape index (κ3) is 4.33. The molecule has 1 aromatic carbocycles. The SMILES string of the molecule is COc1cccc(NC(CN)CCSC)c1. The summed E-state index contributed by atoms with van der Waals surface area (Å²) in [6.07, 6.45) is 3.19. The van der Waals surface area contributed by atoms with E-state index < -0.39 is 0 Å². The van der Waals surface area contributed by atoms with Gasteiger partial charge in [-0.2, -0.15) is 11.8 Å². The molecule has 1 rings (SSSR count). The molecule has 0 bridgehead atoms. The summed E-state index contributed by atoms with van der Waals surface area (Å²) in [6.45, 7) is 0.651. The minimum absolute atomic E-state index is 0.333. The van der Waals surface area contributed by atoms with E-state index in [-0.39, 0.29) is 0 Å². The van der Waals surface area contributed by atoms with Gasteiger partial charge in [0.05, 0.1) is 7.11 Å². The lowest BCUT2D eigenvalue weighted by molar-refractivity contribution is 0.415. The summed E-state index contributed by atoms with van der Waals surface area (Å²) in [5.74, 6) is 1.99. The molecule has 0 spiro atoms. The molecule has 0 aliphatic rings. The molecule has 1 aromatic rings. The highest BCUT2D eigenvalue weighted by molar-refractivity contribution is 7.98. The molecule has 0 fully saturated rings. The van der Waals surface area contributed by atoms with Crippen LogP contribution < -0.4 is 15.8 Å². The maximum Gasteiger partial charge on any atom is 0.120 e. The summed E-state index contributed by atoms with van der Waals surface area (Å²) in [5.41, 5.74) is 6.79. The molecule has 0 saturated heterocycles. The van der Waals surface area contributed by atoms with Crippen LogP contribution in [0.3, 0.4) is 0 Å². The van der Waals surface area contributed by atoms with E-state index in [0.29, 0.717) is 12.6 Å². The van der Waals surface area contributed by atoms with E-state index >= 15 is 0 Å². The standard InChI is InChI=1S/C12H20N2OS/c1-15-12-5-3-4-10(8-12)14-11(9-13)6-7-16-2/h3-5,8,11,14H,6-7,9,13H2,1-2H3. The molecule has 3 N–H and O–H groups in total. The molecule has 4 heteroatoms. The molecule has 0 aliphatic heterocycles. The molecule has 0 heterocycles. The number of benzene rings is 1. The molecule has 3 nitrogen and oxygen atoms in total. The number of hydrogen-bond acceptors (Lipinski definition) is 4. The summed E-state index contributed by atoms with van der Waals surface area (Å²) < 4.78 is 5.18. The maximum atomic E-state index is 5.73. The Morgan fingerprint density at radius 2 is 2.31 bits per heavy atom. The Balaban J connectivity index is 2.55. The van der Waals surface area contributed by atoms with Gasteiger partial charge in [0.1, 0.15) is 5.75 Å². The van der Waals surface area contributed by atoms with Crippen molar-refractivity contribution in [2.75, 3.05) is 31.0 Å². The van der Waals surface area contributed by atoms with Crippen LogP contribution in [0.4, 0.5) is 5.69 Å². The zero-order valence-corrected chi connectivity index (χ0v) is 10.7. The van der Waals surface area contributed by atoms with Crippen molar-refractivity contribution in [3.63, 3.8) is 0 Å². The van der Waals surface area contributed by atoms with Crippen molar-refractivity contribution in [2.24, 2.45) is 5.73 Å². The van der Waals surface area contributed by atoms with Crippen LogP contribution in [0.25, 0.3) is 0 Å². The molecule has 0 aliphatic carbocycles. The number of nitrogens with two attached hydrogens (primary N) is 1. The maximum absolute atomic E-state index is 5.73. The van der Waals surface area contributed by atoms with Gasteiger partial charge in [-0.25, -0.2) is 0 Å². The van der Waals surface area contributed by atoms with Crippen LogP contribution >= 0.6 is 11.8 Å². The monoisotopic (exact) mass is 240 g/mol. The van der Waals surface area contributed by atoms with Crippen LogP contribution in [-0.2, 0) is 0 Å². The predicted octanol–water partition coefficient (Wildman–Crippen LogP) is 2.19. The van der Waals surface area contributed by atoms with Crippen molar-refractivity contribution < 1.29 is 4.74 Å². The second kappa shape index (κ2) is 7.41. The summed E-state index contributed by atoms with van der Waals surface area (Å²) in [5, 5.41) is 3.42. The van der Waals surface area contributed by atoms with Gasteiger partial charge in [0.15, 0.2) is 0 Å². The van der Waals surface area contributed by atoms with E-state index in [4.69, 9.17) is 10.5 Å². The topological polar surface area (TPSA) is 47.3 Å². The van der Waals surface area contributed by atoms with Crippen molar-refractivity contribution in [3.05, 3.63) is 24.3 Å². The van der Waals surface area contributed by atoms with E-state index in [1.54, 1.807) is 7.11 Å². The molecule has 1 unspecified atom stereocenters. The highest BCUT2D eigenvalue weighted by Crippen LogP contribution is 2.18. The Hall–Kier alpha value is -0.870. The number of hydrogen-bond donors (Lipinski definition) is 2. The lowest BCUT2D eigenvalue weighted by Gasteiger charge is -2.18. The van der Waals surface area contributed by atoms with E-state index in [0.717, 1.165) is 23.6 Å². The molecule has 0 aromatic heterocycles. The van der Waals surface area contributed by atoms with Crippen LogP contribution in [-0.4, -0.2) is 31.7 Å². The summed E-state index contributed by atoms with van der Waals surface area (Å²) in [7, 11) is 1.67. The van der Waals surface area contributed by atoms with Crippen LogP contribution in [0, 0.1) is 0 Å². The number of nitrogens with one attached hydrogen (secondary N) is 1. The van der Waals surface area contributed by atoms with Gasteiger partial charge in [0, 0.05) is 24.3 Å². The van der Waals surface area contributed by atoms with Gasteiger partial charge in [0.25, 0.3) is 0 Å². The highest BCUT2D eigenvalue weighted by Gasteiger charge is 2.06. The van der Waals surface area contributed by atoms with Gasteiger partial charge >= 0.3 is 0 Å². The third-order valence-corrected chi connectivity index (χ3v) is 3.04. The van der Waals surface area contributed by atoms with Gasteiger partial charge in [-0.05, 0) is 30.6 Å². The normalized spacial score (nSPS) is 12.2. The fourth-order valence-electron chi connectivity index (χ4n) is 1.46. The molecule has 1 atom stereocenters. The lowest BCUT2D eigenvalue weighted by Crippen LogP contribution is -2.29. The van der Waals surface area contributed by atoms with Gasteiger partial charge in [0.2, 0.25) is 0 Å². The van der Waals surface area contributed by atoms with E-state index in [2.05, 4.69) is 11.6 Å². The molecule has 16 heavy (non-hydrogen) atoms. The minimum atomic E-state index is 0.333. The van der Waals surface area contributed by atoms with Crippen LogP contribution in [0.2, 0.25) is 0 Å². The molecule has 90 valence electrons. The first-order valence-electron chi connectivity index (χ1n) is 5.39. The summed E-state index contributed by atoms with van der Waals surface area (Å²) in [6, 6.07) is 8.26. The van der Waals surface area contributed by atoms with Crippen molar-refractivity contribution >= 4 is 17.4 Å². The first-order chi connectivity index (χ1) is 7.80. The highest BCUT2D eigenvalue weighted by atomic mass is 32.2. The third-order valence-electron chi connectivity index (χ3n) is 2.40. The molecule has 0 saturated carbocycles. The Morgan fingerprint density at radius 1 is 1.50 bits per heavy atom. The van der Waals surface area contributed by atoms with E-state index in [1.165, 1.54) is 0 Å².